The standard InChI is InChI=1S/C39H43ClN2O5/c1-26-36(24-42-19-17-39(45,18-20-42)34-13-15-35(40)16-14-34)46-38(47-37(26)30-11-9-28(25-43)10-12-30)33-8-4-7-32(22-33)31-6-3-5-29(21-31)23-41-27(2)44/h3-16,21-22,26,36-38,43,45H,17-20,23-25H2,1-2H3,(H,41,44). The van der Waals surface area contributed by atoms with Crippen LogP contribution in [-0.4, -0.2) is 46.8 Å². The average Bonchev–Trinajstić information content (AvgIpc) is 3.10. The summed E-state index contributed by atoms with van der Waals surface area (Å²) in [7, 11) is 0. The van der Waals surface area contributed by atoms with E-state index in [1.807, 2.05) is 72.8 Å². The summed E-state index contributed by atoms with van der Waals surface area (Å²) in [6.07, 6.45) is 0.335. The maximum atomic E-state index is 11.5. The summed E-state index contributed by atoms with van der Waals surface area (Å²) < 4.78 is 13.5. The van der Waals surface area contributed by atoms with Crippen molar-refractivity contribution in [3.63, 3.8) is 0 Å². The molecule has 246 valence electrons. The SMILES string of the molecule is CC(=O)NCc1cccc(-c2cccc(C3OC(CN4CCC(O)(c5ccc(Cl)cc5)CC4)C(C)C(c4ccc(CO)cc4)O3)c2)c1. The molecule has 2 aliphatic heterocycles. The van der Waals surface area contributed by atoms with Crippen molar-refractivity contribution in [1.29, 1.82) is 0 Å². The molecule has 3 N–H and O–H groups in total. The number of carbonyl (C=O) groups excluding carboxylic acids is 1. The number of hydrogen-bond acceptors (Lipinski definition) is 6. The fourth-order valence-corrected chi connectivity index (χ4v) is 6.82. The lowest BCUT2D eigenvalue weighted by atomic mass is 9.84. The topological polar surface area (TPSA) is 91.3 Å². The molecule has 6 rings (SSSR count). The van der Waals surface area contributed by atoms with Crippen LogP contribution >= 0.6 is 11.6 Å². The Morgan fingerprint density at radius 1 is 0.894 bits per heavy atom. The maximum Gasteiger partial charge on any atom is 0.217 e. The number of amides is 1. The van der Waals surface area contributed by atoms with E-state index in [2.05, 4.69) is 41.4 Å². The van der Waals surface area contributed by atoms with Gasteiger partial charge in [0.2, 0.25) is 5.91 Å². The van der Waals surface area contributed by atoms with Gasteiger partial charge in [0.05, 0.1) is 24.4 Å². The molecule has 4 unspecified atom stereocenters. The number of benzene rings is 4. The van der Waals surface area contributed by atoms with Crippen LogP contribution < -0.4 is 5.32 Å². The Balaban J connectivity index is 1.22. The predicted octanol–water partition coefficient (Wildman–Crippen LogP) is 6.91. The molecule has 47 heavy (non-hydrogen) atoms. The lowest BCUT2D eigenvalue weighted by molar-refractivity contribution is -0.277. The van der Waals surface area contributed by atoms with E-state index in [-0.39, 0.29) is 30.6 Å². The number of aliphatic hydroxyl groups is 2. The van der Waals surface area contributed by atoms with E-state index in [1.165, 1.54) is 6.92 Å². The van der Waals surface area contributed by atoms with E-state index in [0.29, 0.717) is 31.0 Å². The van der Waals surface area contributed by atoms with Crippen molar-refractivity contribution in [2.24, 2.45) is 5.92 Å². The van der Waals surface area contributed by atoms with Crippen molar-refractivity contribution < 1.29 is 24.5 Å². The first-order valence-corrected chi connectivity index (χ1v) is 16.7. The Bertz CT molecular complexity index is 1650. The van der Waals surface area contributed by atoms with Gasteiger partial charge in [0.1, 0.15) is 0 Å². The molecule has 0 saturated carbocycles. The number of aliphatic hydroxyl groups excluding tert-OH is 1. The number of hydrogen-bond donors (Lipinski definition) is 3. The van der Waals surface area contributed by atoms with E-state index >= 15 is 0 Å². The van der Waals surface area contributed by atoms with Crippen LogP contribution in [0.15, 0.2) is 97.1 Å². The molecule has 2 aliphatic rings. The summed E-state index contributed by atoms with van der Waals surface area (Å²) in [5, 5.41) is 24.6. The smallest absolute Gasteiger partial charge is 0.217 e. The molecule has 2 fully saturated rings. The molecule has 0 bridgehead atoms. The van der Waals surface area contributed by atoms with E-state index in [1.54, 1.807) is 0 Å². The van der Waals surface area contributed by atoms with Crippen LogP contribution in [0.2, 0.25) is 5.02 Å². The first-order chi connectivity index (χ1) is 22.7. The molecule has 2 heterocycles. The second kappa shape index (κ2) is 14.7. The van der Waals surface area contributed by atoms with Gasteiger partial charge in [-0.3, -0.25) is 4.79 Å². The van der Waals surface area contributed by atoms with Gasteiger partial charge in [-0.1, -0.05) is 91.3 Å². The first kappa shape index (κ1) is 33.3. The van der Waals surface area contributed by atoms with Crippen LogP contribution in [0.5, 0.6) is 0 Å². The summed E-state index contributed by atoms with van der Waals surface area (Å²) in [5.41, 5.74) is 5.98. The Labute approximate surface area is 282 Å². The Hall–Kier alpha value is -3.56. The van der Waals surface area contributed by atoms with E-state index in [9.17, 15) is 15.0 Å². The summed E-state index contributed by atoms with van der Waals surface area (Å²) in [5.74, 6) is -0.00734. The molecule has 0 spiro atoms. The monoisotopic (exact) mass is 654 g/mol. The Morgan fingerprint density at radius 3 is 2.26 bits per heavy atom. The van der Waals surface area contributed by atoms with Crippen molar-refractivity contribution in [2.45, 2.75) is 63.9 Å². The molecule has 0 aromatic heterocycles. The van der Waals surface area contributed by atoms with Crippen molar-refractivity contribution in [3.05, 3.63) is 130 Å². The van der Waals surface area contributed by atoms with Crippen LogP contribution in [0, 0.1) is 5.92 Å². The highest BCUT2D eigenvalue weighted by atomic mass is 35.5. The zero-order valence-electron chi connectivity index (χ0n) is 26.9. The van der Waals surface area contributed by atoms with Crippen LogP contribution in [0.4, 0.5) is 0 Å². The fourth-order valence-electron chi connectivity index (χ4n) is 6.69. The first-order valence-electron chi connectivity index (χ1n) is 16.4. The molecule has 1 amide bonds. The van der Waals surface area contributed by atoms with Crippen LogP contribution in [-0.2, 0) is 33.0 Å². The number of rotatable bonds is 9. The Kier molecular flexibility index (Phi) is 10.4. The van der Waals surface area contributed by atoms with Gasteiger partial charge < -0.3 is 29.9 Å². The number of likely N-dealkylation sites (tertiary alicyclic amines) is 1. The lowest BCUT2D eigenvalue weighted by Gasteiger charge is -2.45. The number of ether oxygens (including phenoxy) is 2. The minimum Gasteiger partial charge on any atom is -0.392 e. The molecule has 0 aliphatic carbocycles. The molecule has 0 radical (unpaired) electrons. The van der Waals surface area contributed by atoms with Crippen LogP contribution in [0.1, 0.15) is 66.9 Å². The molecule has 4 aromatic carbocycles. The average molecular weight is 655 g/mol. The van der Waals surface area contributed by atoms with Crippen molar-refractivity contribution in [1.82, 2.24) is 10.2 Å². The third-order valence-corrected chi connectivity index (χ3v) is 9.84. The van der Waals surface area contributed by atoms with Gasteiger partial charge >= 0.3 is 0 Å². The van der Waals surface area contributed by atoms with Crippen molar-refractivity contribution in [2.75, 3.05) is 19.6 Å². The molecule has 7 nitrogen and oxygen atoms in total. The van der Waals surface area contributed by atoms with Gasteiger partial charge in [-0.15, -0.1) is 0 Å². The van der Waals surface area contributed by atoms with Gasteiger partial charge in [0, 0.05) is 49.6 Å². The number of halogens is 1. The van der Waals surface area contributed by atoms with Crippen molar-refractivity contribution in [3.8, 4) is 11.1 Å². The zero-order chi connectivity index (χ0) is 33.0. The largest absolute Gasteiger partial charge is 0.392 e. The normalized spacial score (nSPS) is 22.9. The molecule has 8 heteroatoms. The summed E-state index contributed by atoms with van der Waals surface area (Å²) in [6.45, 7) is 6.37. The lowest BCUT2D eigenvalue weighted by Crippen LogP contribution is -2.49. The van der Waals surface area contributed by atoms with Gasteiger partial charge in [0.25, 0.3) is 0 Å². The second-order valence-corrected chi connectivity index (χ2v) is 13.3. The number of carbonyl (C=O) groups is 1. The number of piperidine rings is 1. The second-order valence-electron chi connectivity index (χ2n) is 12.9. The number of nitrogens with one attached hydrogen (secondary N) is 1. The van der Waals surface area contributed by atoms with E-state index < -0.39 is 11.9 Å². The zero-order valence-corrected chi connectivity index (χ0v) is 27.7. The summed E-state index contributed by atoms with van der Waals surface area (Å²) >= 11 is 6.10. The van der Waals surface area contributed by atoms with Crippen molar-refractivity contribution >= 4 is 17.5 Å². The fraction of sp³-hybridized carbons (Fsp3) is 0.359. The maximum absolute atomic E-state index is 11.5. The molecule has 4 aromatic rings. The van der Waals surface area contributed by atoms with Gasteiger partial charge in [-0.25, -0.2) is 0 Å². The molecule has 4 atom stereocenters. The quantitative estimate of drug-likeness (QED) is 0.182. The summed E-state index contributed by atoms with van der Waals surface area (Å²) in [4.78, 5) is 13.8. The third-order valence-electron chi connectivity index (χ3n) is 9.59. The predicted molar refractivity (Wildman–Crippen MR) is 183 cm³/mol. The highest BCUT2D eigenvalue weighted by Gasteiger charge is 2.41. The van der Waals surface area contributed by atoms with E-state index in [0.717, 1.165) is 52.0 Å². The number of nitrogens with zero attached hydrogens (tertiary/aromatic N) is 1. The summed E-state index contributed by atoms with van der Waals surface area (Å²) in [6, 6.07) is 31.9. The minimum absolute atomic E-state index is 0.00808. The van der Waals surface area contributed by atoms with Gasteiger partial charge in [-0.2, -0.15) is 0 Å². The highest BCUT2D eigenvalue weighted by molar-refractivity contribution is 6.30. The van der Waals surface area contributed by atoms with Crippen LogP contribution in [0.3, 0.4) is 0 Å². The Morgan fingerprint density at radius 2 is 1.57 bits per heavy atom. The molecular weight excluding hydrogens is 612 g/mol. The highest BCUT2D eigenvalue weighted by Crippen LogP contribution is 2.43. The van der Waals surface area contributed by atoms with Crippen LogP contribution in [0.25, 0.3) is 11.1 Å². The van der Waals surface area contributed by atoms with Gasteiger partial charge in [-0.05, 0) is 70.5 Å². The minimum atomic E-state index is -0.872. The third kappa shape index (κ3) is 7.95. The van der Waals surface area contributed by atoms with E-state index in [4.69, 9.17) is 21.1 Å². The molecule has 2 saturated heterocycles. The van der Waals surface area contributed by atoms with Gasteiger partial charge in [0.15, 0.2) is 6.29 Å². The molecular formula is C39H43ClN2O5.